The molecular weight excluding hydrogens is 474 g/mol. The number of aliphatic carboxylic acids is 1. The van der Waals surface area contributed by atoms with Gasteiger partial charge in [-0.25, -0.2) is 9.78 Å². The van der Waals surface area contributed by atoms with Gasteiger partial charge in [-0.1, -0.05) is 42.5 Å². The topological polar surface area (TPSA) is 102 Å². The second-order valence-corrected chi connectivity index (χ2v) is 10.4. The van der Waals surface area contributed by atoms with Gasteiger partial charge < -0.3 is 15.4 Å². The smallest absolute Gasteiger partial charge is 0.326 e. The normalized spacial score (nSPS) is 17.0. The predicted octanol–water partition coefficient (Wildman–Crippen LogP) is 3.35. The minimum Gasteiger partial charge on any atom is -0.480 e. The summed E-state index contributed by atoms with van der Waals surface area (Å²) in [6.07, 6.45) is 8.08. The first kappa shape index (κ1) is 26.2. The van der Waals surface area contributed by atoms with Gasteiger partial charge in [0.1, 0.15) is 6.04 Å². The van der Waals surface area contributed by atoms with Gasteiger partial charge in [0.2, 0.25) is 5.91 Å². The molecule has 0 radical (unpaired) electrons. The van der Waals surface area contributed by atoms with Crippen LogP contribution in [0, 0.1) is 0 Å². The number of aromatic nitrogens is 2. The van der Waals surface area contributed by atoms with Crippen molar-refractivity contribution in [3.05, 3.63) is 66.2 Å². The van der Waals surface area contributed by atoms with Gasteiger partial charge in [-0.3, -0.25) is 14.6 Å². The van der Waals surface area contributed by atoms with Gasteiger partial charge in [0, 0.05) is 37.6 Å². The maximum absolute atomic E-state index is 13.0. The van der Waals surface area contributed by atoms with Gasteiger partial charge in [0.15, 0.2) is 0 Å². The highest BCUT2D eigenvalue weighted by Gasteiger charge is 2.28. The third-order valence-corrected chi connectivity index (χ3v) is 7.43. The summed E-state index contributed by atoms with van der Waals surface area (Å²) in [5.74, 6) is -0.553. The van der Waals surface area contributed by atoms with Crippen molar-refractivity contribution in [3.8, 4) is 0 Å². The average Bonchev–Trinajstić information content (AvgIpc) is 3.54. The van der Waals surface area contributed by atoms with E-state index < -0.39 is 12.0 Å². The van der Waals surface area contributed by atoms with Gasteiger partial charge in [0.05, 0.1) is 12.9 Å². The summed E-state index contributed by atoms with van der Waals surface area (Å²) in [5, 5.41) is 14.7. The van der Waals surface area contributed by atoms with Crippen LogP contribution in [0.3, 0.4) is 0 Å². The van der Waals surface area contributed by atoms with Crippen LogP contribution in [-0.2, 0) is 22.7 Å². The first-order chi connectivity index (χ1) is 17.5. The number of carboxylic acid groups (broad SMARTS) is 1. The molecule has 192 valence electrons. The monoisotopic (exact) mass is 509 g/mol. The van der Waals surface area contributed by atoms with E-state index in [-0.39, 0.29) is 12.5 Å². The molecule has 4 rings (SSSR count). The lowest BCUT2D eigenvalue weighted by atomic mass is 10.0. The number of thioether (sulfide) groups is 1. The van der Waals surface area contributed by atoms with Crippen molar-refractivity contribution in [3.63, 3.8) is 0 Å². The van der Waals surface area contributed by atoms with Crippen LogP contribution in [0.2, 0.25) is 0 Å². The average molecular weight is 510 g/mol. The lowest BCUT2D eigenvalue weighted by Crippen LogP contribution is -2.48. The van der Waals surface area contributed by atoms with Crippen LogP contribution in [0.1, 0.15) is 30.5 Å². The van der Waals surface area contributed by atoms with Crippen LogP contribution >= 0.6 is 11.8 Å². The molecule has 8 nitrogen and oxygen atoms in total. The fourth-order valence-corrected chi connectivity index (χ4v) is 5.46. The third-order valence-electron chi connectivity index (χ3n) is 6.78. The van der Waals surface area contributed by atoms with E-state index in [1.165, 1.54) is 10.8 Å². The molecule has 1 aliphatic rings. The Labute approximate surface area is 216 Å². The lowest BCUT2D eigenvalue weighted by Gasteiger charge is -2.31. The third kappa shape index (κ3) is 7.09. The number of carbonyl (C=O) groups excluding carboxylic acids is 1. The number of aromatic amines is 1. The Hall–Kier alpha value is -2.88. The van der Waals surface area contributed by atoms with Gasteiger partial charge in [-0.05, 0) is 54.2 Å². The van der Waals surface area contributed by atoms with E-state index in [4.69, 9.17) is 0 Å². The number of likely N-dealkylation sites (tertiary alicyclic amines) is 1. The van der Waals surface area contributed by atoms with Crippen LogP contribution in [0.15, 0.2) is 55.0 Å². The molecule has 0 bridgehead atoms. The summed E-state index contributed by atoms with van der Waals surface area (Å²) in [6, 6.07) is 14.0. The Balaban J connectivity index is 1.50. The van der Waals surface area contributed by atoms with Crippen LogP contribution in [0.25, 0.3) is 10.8 Å². The van der Waals surface area contributed by atoms with Crippen LogP contribution in [0.5, 0.6) is 0 Å². The highest BCUT2D eigenvalue weighted by molar-refractivity contribution is 7.98. The predicted molar refractivity (Wildman–Crippen MR) is 144 cm³/mol. The number of nitrogens with one attached hydrogen (secondary N) is 2. The van der Waals surface area contributed by atoms with Gasteiger partial charge in [-0.15, -0.1) is 0 Å². The number of rotatable bonds is 13. The van der Waals surface area contributed by atoms with E-state index in [0.29, 0.717) is 24.8 Å². The van der Waals surface area contributed by atoms with Crippen molar-refractivity contribution in [1.29, 1.82) is 0 Å². The number of H-pyrrole nitrogens is 1. The molecule has 1 saturated heterocycles. The minimum atomic E-state index is -0.987. The molecular formula is C27H35N5O3S. The molecule has 3 N–H and O–H groups in total. The van der Waals surface area contributed by atoms with Crippen LogP contribution in [0.4, 0.5) is 0 Å². The summed E-state index contributed by atoms with van der Waals surface area (Å²) in [5.41, 5.74) is 2.24. The lowest BCUT2D eigenvalue weighted by molar-refractivity contribution is -0.142. The van der Waals surface area contributed by atoms with Crippen molar-refractivity contribution < 1.29 is 14.7 Å². The molecule has 2 heterocycles. The number of nitrogens with zero attached hydrogens (tertiary/aromatic N) is 3. The molecule has 0 spiro atoms. The zero-order valence-electron chi connectivity index (χ0n) is 20.7. The Kier molecular flexibility index (Phi) is 9.38. The molecule has 9 heteroatoms. The summed E-state index contributed by atoms with van der Waals surface area (Å²) >= 11 is 1.58. The molecule has 1 aromatic heterocycles. The maximum Gasteiger partial charge on any atom is 0.326 e. The summed E-state index contributed by atoms with van der Waals surface area (Å²) < 4.78 is 0. The number of hydrogen-bond acceptors (Lipinski definition) is 6. The number of carbonyl (C=O) groups is 2. The molecule has 1 amide bonds. The van der Waals surface area contributed by atoms with Crippen molar-refractivity contribution in [1.82, 2.24) is 25.1 Å². The van der Waals surface area contributed by atoms with E-state index in [9.17, 15) is 14.7 Å². The largest absolute Gasteiger partial charge is 0.480 e. The first-order valence-electron chi connectivity index (χ1n) is 12.4. The van der Waals surface area contributed by atoms with Crippen LogP contribution in [-0.4, -0.2) is 80.5 Å². The molecule has 2 atom stereocenters. The molecule has 0 aliphatic carbocycles. The molecule has 1 aliphatic heterocycles. The van der Waals surface area contributed by atoms with E-state index in [2.05, 4.69) is 55.4 Å². The minimum absolute atomic E-state index is 0.153. The molecule has 3 aromatic rings. The van der Waals surface area contributed by atoms with Crippen molar-refractivity contribution >= 4 is 34.4 Å². The second kappa shape index (κ2) is 12.9. The van der Waals surface area contributed by atoms with Gasteiger partial charge in [-0.2, -0.15) is 11.8 Å². The first-order valence-corrected chi connectivity index (χ1v) is 13.8. The Morgan fingerprint density at radius 2 is 2.11 bits per heavy atom. The quantitative estimate of drug-likeness (QED) is 0.325. The number of fused-ring (bicyclic) bond motifs is 1. The number of imidazole rings is 1. The Bertz CT molecular complexity index is 1130. The SMILES string of the molecule is CSCC[C@H](NC(=O)CN(Cc1cccc2ccccc12)C[C@@H]1CCCN1Cc1cnc[nH]1)C(=O)O. The fraction of sp³-hybridized carbons (Fsp3) is 0.444. The van der Waals surface area contributed by atoms with E-state index in [1.807, 2.05) is 24.6 Å². The highest BCUT2D eigenvalue weighted by Crippen LogP contribution is 2.23. The zero-order chi connectivity index (χ0) is 25.3. The Morgan fingerprint density at radius 3 is 2.89 bits per heavy atom. The summed E-state index contributed by atoms with van der Waals surface area (Å²) in [7, 11) is 0. The van der Waals surface area contributed by atoms with Crippen molar-refractivity contribution in [2.24, 2.45) is 0 Å². The van der Waals surface area contributed by atoms with Crippen molar-refractivity contribution in [2.75, 3.05) is 31.6 Å². The molecule has 0 unspecified atom stereocenters. The van der Waals surface area contributed by atoms with E-state index in [0.717, 1.165) is 43.7 Å². The van der Waals surface area contributed by atoms with Crippen LogP contribution < -0.4 is 5.32 Å². The number of benzene rings is 2. The molecule has 36 heavy (non-hydrogen) atoms. The zero-order valence-corrected chi connectivity index (χ0v) is 21.5. The summed E-state index contributed by atoms with van der Waals surface area (Å²) in [4.78, 5) is 36.7. The van der Waals surface area contributed by atoms with E-state index >= 15 is 0 Å². The number of amides is 1. The molecule has 2 aromatic carbocycles. The molecule has 1 fully saturated rings. The molecule has 0 saturated carbocycles. The van der Waals surface area contributed by atoms with Gasteiger partial charge >= 0.3 is 5.97 Å². The highest BCUT2D eigenvalue weighted by atomic mass is 32.2. The summed E-state index contributed by atoms with van der Waals surface area (Å²) in [6.45, 7) is 3.31. The second-order valence-electron chi connectivity index (χ2n) is 9.39. The Morgan fingerprint density at radius 1 is 1.28 bits per heavy atom. The van der Waals surface area contributed by atoms with Crippen molar-refractivity contribution in [2.45, 2.75) is 44.4 Å². The maximum atomic E-state index is 13.0. The number of hydrogen-bond donors (Lipinski definition) is 3. The standard InChI is InChI=1S/C27H35N5O3S/c1-36-13-11-25(27(34)35)30-26(33)18-31(15-21-8-4-7-20-6-2-3-10-24(20)21)17-23-9-5-12-32(23)16-22-14-28-19-29-22/h2-4,6-8,10,14,19,23,25H,5,9,11-13,15-18H2,1H3,(H,28,29)(H,30,33)(H,34,35)/t23-,25-/m0/s1. The van der Waals surface area contributed by atoms with E-state index in [1.54, 1.807) is 18.1 Å². The fourth-order valence-electron chi connectivity index (χ4n) is 4.99. The number of carboxylic acids is 1. The van der Waals surface area contributed by atoms with Gasteiger partial charge in [0.25, 0.3) is 0 Å².